The average Bonchev–Trinajstić information content (AvgIpc) is 3.13. The number of carbonyl (C=O) groups is 1. The minimum atomic E-state index is 0.0170. The molecule has 3 nitrogen and oxygen atoms in total. The van der Waals surface area contributed by atoms with Gasteiger partial charge in [-0.15, -0.1) is 0 Å². The third-order valence-electron chi connectivity index (χ3n) is 4.65. The van der Waals surface area contributed by atoms with E-state index in [1.807, 2.05) is 24.3 Å². The van der Waals surface area contributed by atoms with Gasteiger partial charge in [0, 0.05) is 24.3 Å². The van der Waals surface area contributed by atoms with Crippen LogP contribution >= 0.6 is 0 Å². The van der Waals surface area contributed by atoms with Gasteiger partial charge in [0.1, 0.15) is 0 Å². The van der Waals surface area contributed by atoms with Crippen LogP contribution in [-0.4, -0.2) is 19.0 Å². The maximum atomic E-state index is 12.0. The summed E-state index contributed by atoms with van der Waals surface area (Å²) in [5, 5.41) is 6.43. The van der Waals surface area contributed by atoms with E-state index in [1.54, 1.807) is 0 Å². The van der Waals surface area contributed by atoms with E-state index < -0.39 is 0 Å². The molecule has 1 fully saturated rings. The molecule has 1 aromatic carbocycles. The zero-order chi connectivity index (χ0) is 14.7. The molecule has 1 amide bonds. The second-order valence-corrected chi connectivity index (χ2v) is 6.26. The fourth-order valence-electron chi connectivity index (χ4n) is 3.49. The van der Waals surface area contributed by atoms with Crippen LogP contribution in [0.25, 0.3) is 0 Å². The Bertz CT molecular complexity index is 538. The Kier molecular flexibility index (Phi) is 4.28. The zero-order valence-corrected chi connectivity index (χ0v) is 12.6. The van der Waals surface area contributed by atoms with Crippen molar-refractivity contribution in [2.45, 2.75) is 26.2 Å². The van der Waals surface area contributed by atoms with Crippen molar-refractivity contribution in [2.75, 3.05) is 18.4 Å². The molecule has 2 bridgehead atoms. The Labute approximate surface area is 126 Å². The fourth-order valence-corrected chi connectivity index (χ4v) is 3.49. The summed E-state index contributed by atoms with van der Waals surface area (Å²) >= 11 is 0. The molecule has 2 aliphatic carbocycles. The van der Waals surface area contributed by atoms with Crippen LogP contribution < -0.4 is 10.6 Å². The molecule has 3 unspecified atom stereocenters. The Morgan fingerprint density at radius 3 is 2.90 bits per heavy atom. The highest BCUT2D eigenvalue weighted by molar-refractivity contribution is 5.95. The fraction of sp³-hybridized carbons (Fsp3) is 0.500. The minimum absolute atomic E-state index is 0.0170. The van der Waals surface area contributed by atoms with Crippen LogP contribution in [0.1, 0.15) is 36.5 Å². The van der Waals surface area contributed by atoms with Crippen molar-refractivity contribution in [2.24, 2.45) is 17.8 Å². The summed E-state index contributed by atoms with van der Waals surface area (Å²) in [4.78, 5) is 12.0. The number of nitrogens with one attached hydrogen (secondary N) is 2. The molecule has 1 aromatic rings. The van der Waals surface area contributed by atoms with Crippen LogP contribution in [0.15, 0.2) is 36.4 Å². The van der Waals surface area contributed by atoms with E-state index >= 15 is 0 Å². The summed E-state index contributed by atoms with van der Waals surface area (Å²) in [5.74, 6) is 2.34. The molecule has 112 valence electrons. The average molecular weight is 284 g/mol. The SMILES string of the molecule is CCCNC(=O)c1cccc(NCC2CC3C=CC2C3)c1. The summed E-state index contributed by atoms with van der Waals surface area (Å²) < 4.78 is 0. The molecule has 0 aromatic heterocycles. The van der Waals surface area contributed by atoms with E-state index in [4.69, 9.17) is 0 Å². The molecular weight excluding hydrogens is 260 g/mol. The number of carbonyl (C=O) groups excluding carboxylic acids is 1. The highest BCUT2D eigenvalue weighted by atomic mass is 16.1. The van der Waals surface area contributed by atoms with E-state index in [-0.39, 0.29) is 5.91 Å². The molecular formula is C18H24N2O. The van der Waals surface area contributed by atoms with Gasteiger partial charge in [0.25, 0.3) is 5.91 Å². The number of fused-ring (bicyclic) bond motifs is 2. The van der Waals surface area contributed by atoms with Crippen molar-refractivity contribution in [1.29, 1.82) is 0 Å². The van der Waals surface area contributed by atoms with Gasteiger partial charge in [-0.25, -0.2) is 0 Å². The number of anilines is 1. The van der Waals surface area contributed by atoms with E-state index in [1.165, 1.54) is 12.8 Å². The van der Waals surface area contributed by atoms with Crippen LogP contribution in [0.3, 0.4) is 0 Å². The smallest absolute Gasteiger partial charge is 0.251 e. The Morgan fingerprint density at radius 2 is 2.19 bits per heavy atom. The number of benzene rings is 1. The van der Waals surface area contributed by atoms with Gasteiger partial charge in [-0.1, -0.05) is 25.1 Å². The van der Waals surface area contributed by atoms with Gasteiger partial charge in [0.05, 0.1) is 0 Å². The number of hydrogen-bond donors (Lipinski definition) is 2. The molecule has 3 heteroatoms. The van der Waals surface area contributed by atoms with Gasteiger partial charge in [-0.05, 0) is 55.2 Å². The molecule has 0 saturated heterocycles. The van der Waals surface area contributed by atoms with E-state index in [9.17, 15) is 4.79 Å². The first-order valence-corrected chi connectivity index (χ1v) is 8.06. The first-order valence-electron chi connectivity index (χ1n) is 8.06. The van der Waals surface area contributed by atoms with Gasteiger partial charge in [-0.2, -0.15) is 0 Å². The number of hydrogen-bond acceptors (Lipinski definition) is 2. The summed E-state index contributed by atoms with van der Waals surface area (Å²) in [6, 6.07) is 7.81. The summed E-state index contributed by atoms with van der Waals surface area (Å²) in [5.41, 5.74) is 1.78. The van der Waals surface area contributed by atoms with Gasteiger partial charge < -0.3 is 10.6 Å². The van der Waals surface area contributed by atoms with Crippen LogP contribution in [0.5, 0.6) is 0 Å². The second kappa shape index (κ2) is 6.33. The first kappa shape index (κ1) is 14.2. The molecule has 0 spiro atoms. The quantitative estimate of drug-likeness (QED) is 0.786. The predicted octanol–water partition coefficient (Wildman–Crippen LogP) is 3.45. The largest absolute Gasteiger partial charge is 0.385 e. The second-order valence-electron chi connectivity index (χ2n) is 6.26. The van der Waals surface area contributed by atoms with Crippen molar-refractivity contribution < 1.29 is 4.79 Å². The Balaban J connectivity index is 1.56. The maximum Gasteiger partial charge on any atom is 0.251 e. The molecule has 0 radical (unpaired) electrons. The monoisotopic (exact) mass is 284 g/mol. The Morgan fingerprint density at radius 1 is 1.29 bits per heavy atom. The van der Waals surface area contributed by atoms with Crippen LogP contribution in [0.2, 0.25) is 0 Å². The third kappa shape index (κ3) is 3.29. The van der Waals surface area contributed by atoms with E-state index in [2.05, 4.69) is 29.7 Å². The van der Waals surface area contributed by atoms with Crippen molar-refractivity contribution in [3.63, 3.8) is 0 Å². The van der Waals surface area contributed by atoms with Gasteiger partial charge in [-0.3, -0.25) is 4.79 Å². The van der Waals surface area contributed by atoms with Gasteiger partial charge in [0.2, 0.25) is 0 Å². The number of rotatable bonds is 6. The maximum absolute atomic E-state index is 12.0. The van der Waals surface area contributed by atoms with Gasteiger partial charge >= 0.3 is 0 Å². The van der Waals surface area contributed by atoms with Crippen LogP contribution in [-0.2, 0) is 0 Å². The van der Waals surface area contributed by atoms with Crippen LogP contribution in [0.4, 0.5) is 5.69 Å². The Hall–Kier alpha value is -1.77. The van der Waals surface area contributed by atoms with Crippen molar-refractivity contribution in [3.05, 3.63) is 42.0 Å². The number of allylic oxidation sites excluding steroid dienone is 2. The minimum Gasteiger partial charge on any atom is -0.385 e. The molecule has 3 rings (SSSR count). The van der Waals surface area contributed by atoms with Crippen LogP contribution in [0, 0.1) is 17.8 Å². The molecule has 0 heterocycles. The lowest BCUT2D eigenvalue weighted by atomic mass is 9.93. The standard InChI is InChI=1S/C18H24N2O/c1-2-8-19-18(21)15-4-3-5-17(11-15)20-12-16-10-13-6-7-14(16)9-13/h3-7,11,13-14,16,20H,2,8-10,12H2,1H3,(H,19,21). The molecule has 3 atom stereocenters. The zero-order valence-electron chi connectivity index (χ0n) is 12.6. The highest BCUT2D eigenvalue weighted by Crippen LogP contribution is 2.43. The highest BCUT2D eigenvalue weighted by Gasteiger charge is 2.35. The molecule has 1 saturated carbocycles. The molecule has 2 N–H and O–H groups in total. The van der Waals surface area contributed by atoms with Gasteiger partial charge in [0.15, 0.2) is 0 Å². The lowest BCUT2D eigenvalue weighted by Gasteiger charge is -2.19. The van der Waals surface area contributed by atoms with Crippen molar-refractivity contribution >= 4 is 11.6 Å². The predicted molar refractivity (Wildman–Crippen MR) is 86.4 cm³/mol. The molecule has 21 heavy (non-hydrogen) atoms. The molecule has 0 aliphatic heterocycles. The summed E-state index contributed by atoms with van der Waals surface area (Å²) in [7, 11) is 0. The topological polar surface area (TPSA) is 41.1 Å². The van der Waals surface area contributed by atoms with E-state index in [0.29, 0.717) is 0 Å². The summed E-state index contributed by atoms with van der Waals surface area (Å²) in [6.07, 6.45) is 8.37. The number of amides is 1. The molecule has 2 aliphatic rings. The first-order chi connectivity index (χ1) is 10.3. The van der Waals surface area contributed by atoms with Crippen molar-refractivity contribution in [1.82, 2.24) is 5.32 Å². The van der Waals surface area contributed by atoms with E-state index in [0.717, 1.165) is 48.5 Å². The summed E-state index contributed by atoms with van der Waals surface area (Å²) in [6.45, 7) is 3.79. The lowest BCUT2D eigenvalue weighted by Crippen LogP contribution is -2.24. The van der Waals surface area contributed by atoms with Crippen molar-refractivity contribution in [3.8, 4) is 0 Å². The lowest BCUT2D eigenvalue weighted by molar-refractivity contribution is 0.0953. The third-order valence-corrected chi connectivity index (χ3v) is 4.65. The normalized spacial score (nSPS) is 26.0.